The Balaban J connectivity index is 2.21. The summed E-state index contributed by atoms with van der Waals surface area (Å²) in [5.74, 6) is 1.13. The first-order valence-electron chi connectivity index (χ1n) is 6.26. The quantitative estimate of drug-likeness (QED) is 0.896. The van der Waals surface area contributed by atoms with Gasteiger partial charge in [0, 0.05) is 19.3 Å². The highest BCUT2D eigenvalue weighted by Crippen LogP contribution is 2.22. The fourth-order valence-electron chi connectivity index (χ4n) is 1.67. The van der Waals surface area contributed by atoms with Crippen LogP contribution in [0.3, 0.4) is 0 Å². The van der Waals surface area contributed by atoms with E-state index in [-0.39, 0.29) is 5.82 Å². The number of halogens is 1. The minimum Gasteiger partial charge on any atom is -0.369 e. The van der Waals surface area contributed by atoms with Crippen LogP contribution in [0, 0.1) is 5.82 Å². The molecule has 1 aromatic carbocycles. The SMILES string of the molecule is CCCNc1cncc(N(C)c2cccc(F)c2)n1. The third-order valence-electron chi connectivity index (χ3n) is 2.72. The molecule has 4 nitrogen and oxygen atoms in total. The average molecular weight is 260 g/mol. The van der Waals surface area contributed by atoms with Crippen LogP contribution in [-0.4, -0.2) is 23.6 Å². The summed E-state index contributed by atoms with van der Waals surface area (Å²) in [7, 11) is 1.84. The average Bonchev–Trinajstić information content (AvgIpc) is 2.44. The molecule has 0 saturated carbocycles. The smallest absolute Gasteiger partial charge is 0.153 e. The number of rotatable bonds is 5. The maximum Gasteiger partial charge on any atom is 0.153 e. The van der Waals surface area contributed by atoms with Gasteiger partial charge in [-0.3, -0.25) is 4.98 Å². The molecule has 0 spiro atoms. The molecule has 1 heterocycles. The van der Waals surface area contributed by atoms with E-state index in [4.69, 9.17) is 0 Å². The second-order valence-corrected chi connectivity index (χ2v) is 4.23. The minimum absolute atomic E-state index is 0.266. The number of anilines is 3. The molecule has 19 heavy (non-hydrogen) atoms. The summed E-state index contributed by atoms with van der Waals surface area (Å²) in [4.78, 5) is 10.4. The van der Waals surface area contributed by atoms with E-state index < -0.39 is 0 Å². The van der Waals surface area contributed by atoms with Gasteiger partial charge in [0.2, 0.25) is 0 Å². The summed E-state index contributed by atoms with van der Waals surface area (Å²) in [6.45, 7) is 2.94. The van der Waals surface area contributed by atoms with Crippen molar-refractivity contribution in [2.24, 2.45) is 0 Å². The largest absolute Gasteiger partial charge is 0.369 e. The van der Waals surface area contributed by atoms with Crippen LogP contribution in [0.2, 0.25) is 0 Å². The van der Waals surface area contributed by atoms with Gasteiger partial charge in [0.15, 0.2) is 5.82 Å². The van der Waals surface area contributed by atoms with Crippen molar-refractivity contribution in [2.75, 3.05) is 23.8 Å². The predicted octanol–water partition coefficient (Wildman–Crippen LogP) is 3.21. The van der Waals surface area contributed by atoms with Crippen LogP contribution in [0.15, 0.2) is 36.7 Å². The molecule has 2 rings (SSSR count). The fourth-order valence-corrected chi connectivity index (χ4v) is 1.67. The first-order valence-corrected chi connectivity index (χ1v) is 6.26. The normalized spacial score (nSPS) is 10.3. The third kappa shape index (κ3) is 3.40. The Morgan fingerprint density at radius 2 is 2.16 bits per heavy atom. The Hall–Kier alpha value is -2.17. The summed E-state index contributed by atoms with van der Waals surface area (Å²) < 4.78 is 13.2. The first-order chi connectivity index (χ1) is 9.20. The molecule has 0 aliphatic heterocycles. The number of nitrogens with zero attached hydrogens (tertiary/aromatic N) is 3. The number of hydrogen-bond acceptors (Lipinski definition) is 4. The Labute approximate surface area is 112 Å². The molecular formula is C14H17FN4. The van der Waals surface area contributed by atoms with Crippen molar-refractivity contribution in [3.8, 4) is 0 Å². The number of aromatic nitrogens is 2. The van der Waals surface area contributed by atoms with Crippen LogP contribution in [0.1, 0.15) is 13.3 Å². The van der Waals surface area contributed by atoms with Crippen molar-refractivity contribution in [2.45, 2.75) is 13.3 Å². The van der Waals surface area contributed by atoms with Gasteiger partial charge >= 0.3 is 0 Å². The van der Waals surface area contributed by atoms with E-state index in [0.29, 0.717) is 5.82 Å². The zero-order valence-electron chi connectivity index (χ0n) is 11.1. The van der Waals surface area contributed by atoms with Crippen LogP contribution < -0.4 is 10.2 Å². The van der Waals surface area contributed by atoms with E-state index in [9.17, 15) is 4.39 Å². The molecule has 2 aromatic rings. The molecule has 0 bridgehead atoms. The standard InChI is InChI=1S/C14H17FN4/c1-3-7-17-13-9-16-10-14(18-13)19(2)12-6-4-5-11(15)8-12/h4-6,8-10H,3,7H2,1-2H3,(H,17,18). The summed E-state index contributed by atoms with van der Waals surface area (Å²) in [5, 5.41) is 3.18. The number of hydrogen-bond donors (Lipinski definition) is 1. The Morgan fingerprint density at radius 3 is 2.89 bits per heavy atom. The van der Waals surface area contributed by atoms with Crippen LogP contribution >= 0.6 is 0 Å². The molecule has 1 N–H and O–H groups in total. The summed E-state index contributed by atoms with van der Waals surface area (Å²) >= 11 is 0. The molecule has 0 atom stereocenters. The Kier molecular flexibility index (Phi) is 4.28. The first kappa shape index (κ1) is 13.3. The van der Waals surface area contributed by atoms with Crippen molar-refractivity contribution in [1.82, 2.24) is 9.97 Å². The highest BCUT2D eigenvalue weighted by molar-refractivity contribution is 5.59. The molecule has 0 aliphatic rings. The van der Waals surface area contributed by atoms with Gasteiger partial charge < -0.3 is 10.2 Å². The zero-order chi connectivity index (χ0) is 13.7. The van der Waals surface area contributed by atoms with E-state index in [0.717, 1.165) is 24.5 Å². The van der Waals surface area contributed by atoms with Gasteiger partial charge in [0.25, 0.3) is 0 Å². The monoisotopic (exact) mass is 260 g/mol. The van der Waals surface area contributed by atoms with Gasteiger partial charge in [0.1, 0.15) is 11.6 Å². The lowest BCUT2D eigenvalue weighted by molar-refractivity contribution is 0.628. The predicted molar refractivity (Wildman–Crippen MR) is 75.3 cm³/mol. The van der Waals surface area contributed by atoms with Crippen LogP contribution in [0.5, 0.6) is 0 Å². The van der Waals surface area contributed by atoms with Gasteiger partial charge in [-0.2, -0.15) is 0 Å². The highest BCUT2D eigenvalue weighted by atomic mass is 19.1. The Morgan fingerprint density at radius 1 is 1.32 bits per heavy atom. The van der Waals surface area contributed by atoms with E-state index in [1.807, 2.05) is 13.1 Å². The molecule has 0 amide bonds. The van der Waals surface area contributed by atoms with E-state index in [2.05, 4.69) is 22.2 Å². The van der Waals surface area contributed by atoms with Crippen LogP contribution in [0.4, 0.5) is 21.7 Å². The summed E-state index contributed by atoms with van der Waals surface area (Å²) in [6, 6.07) is 6.39. The maximum atomic E-state index is 13.2. The summed E-state index contributed by atoms with van der Waals surface area (Å²) in [6.07, 6.45) is 4.35. The zero-order valence-corrected chi connectivity index (χ0v) is 11.1. The second kappa shape index (κ2) is 6.13. The number of benzene rings is 1. The number of nitrogens with one attached hydrogen (secondary N) is 1. The molecule has 100 valence electrons. The third-order valence-corrected chi connectivity index (χ3v) is 2.72. The van der Waals surface area contributed by atoms with Gasteiger partial charge in [-0.25, -0.2) is 9.37 Å². The Bertz CT molecular complexity index is 544. The van der Waals surface area contributed by atoms with Gasteiger partial charge in [-0.05, 0) is 24.6 Å². The molecule has 1 aromatic heterocycles. The van der Waals surface area contributed by atoms with Gasteiger partial charge in [0.05, 0.1) is 12.4 Å². The maximum absolute atomic E-state index is 13.2. The van der Waals surface area contributed by atoms with Crippen molar-refractivity contribution in [1.29, 1.82) is 0 Å². The second-order valence-electron chi connectivity index (χ2n) is 4.23. The molecule has 0 aliphatic carbocycles. The van der Waals surface area contributed by atoms with Crippen molar-refractivity contribution < 1.29 is 4.39 Å². The lowest BCUT2D eigenvalue weighted by Gasteiger charge is -2.18. The topological polar surface area (TPSA) is 41.1 Å². The molecule has 0 radical (unpaired) electrons. The lowest BCUT2D eigenvalue weighted by atomic mass is 10.3. The minimum atomic E-state index is -0.266. The van der Waals surface area contributed by atoms with Crippen LogP contribution in [0.25, 0.3) is 0 Å². The van der Waals surface area contributed by atoms with Gasteiger partial charge in [-0.1, -0.05) is 13.0 Å². The molecule has 0 fully saturated rings. The van der Waals surface area contributed by atoms with Crippen LogP contribution in [-0.2, 0) is 0 Å². The molecule has 0 unspecified atom stereocenters. The van der Waals surface area contributed by atoms with Crippen molar-refractivity contribution >= 4 is 17.3 Å². The fraction of sp³-hybridized carbons (Fsp3) is 0.286. The summed E-state index contributed by atoms with van der Waals surface area (Å²) in [5.41, 5.74) is 0.738. The molecule has 5 heteroatoms. The van der Waals surface area contributed by atoms with E-state index in [1.165, 1.54) is 12.1 Å². The van der Waals surface area contributed by atoms with E-state index >= 15 is 0 Å². The van der Waals surface area contributed by atoms with Crippen molar-refractivity contribution in [3.63, 3.8) is 0 Å². The molecular weight excluding hydrogens is 243 g/mol. The van der Waals surface area contributed by atoms with E-state index in [1.54, 1.807) is 23.4 Å². The lowest BCUT2D eigenvalue weighted by Crippen LogP contribution is -2.13. The van der Waals surface area contributed by atoms with Gasteiger partial charge in [-0.15, -0.1) is 0 Å². The highest BCUT2D eigenvalue weighted by Gasteiger charge is 2.07. The molecule has 0 saturated heterocycles. The van der Waals surface area contributed by atoms with Crippen molar-refractivity contribution in [3.05, 3.63) is 42.5 Å².